The minimum atomic E-state index is -0.653. The second kappa shape index (κ2) is 5.59. The molecule has 0 aromatic heterocycles. The Hall–Kier alpha value is -0.590. The average Bonchev–Trinajstić information content (AvgIpc) is 2.39. The molecule has 0 bridgehead atoms. The zero-order valence-corrected chi connectivity index (χ0v) is 11.7. The Morgan fingerprint density at radius 2 is 1.78 bits per heavy atom. The Kier molecular flexibility index (Phi) is 4.29. The van der Waals surface area contributed by atoms with E-state index in [0.29, 0.717) is 5.41 Å². The van der Waals surface area contributed by atoms with E-state index in [1.54, 1.807) is 0 Å². The third-order valence-corrected chi connectivity index (χ3v) is 5.03. The average molecular weight is 249 g/mol. The third kappa shape index (κ3) is 3.46. The van der Waals surface area contributed by atoms with Crippen LogP contribution in [-0.2, 0) is 0 Å². The summed E-state index contributed by atoms with van der Waals surface area (Å²) in [6.45, 7) is 5.24. The highest BCUT2D eigenvalue weighted by molar-refractivity contribution is 5.01. The highest BCUT2D eigenvalue weighted by Crippen LogP contribution is 2.44. The summed E-state index contributed by atoms with van der Waals surface area (Å²) in [6, 6.07) is 2.19. The molecule has 3 nitrogen and oxygen atoms in total. The fourth-order valence-electron chi connectivity index (χ4n) is 3.50. The van der Waals surface area contributed by atoms with Gasteiger partial charge in [0, 0.05) is 6.54 Å². The molecule has 18 heavy (non-hydrogen) atoms. The zero-order chi connectivity index (χ0) is 13.1. The van der Waals surface area contributed by atoms with Gasteiger partial charge < -0.3 is 10.6 Å². The van der Waals surface area contributed by atoms with Gasteiger partial charge in [-0.1, -0.05) is 19.3 Å². The largest absolute Gasteiger partial charge is 0.314 e. The molecule has 1 heterocycles. The van der Waals surface area contributed by atoms with E-state index in [1.807, 2.05) is 6.92 Å². The van der Waals surface area contributed by atoms with Gasteiger partial charge >= 0.3 is 0 Å². The van der Waals surface area contributed by atoms with Crippen molar-refractivity contribution in [1.82, 2.24) is 4.90 Å². The number of nitrogens with two attached hydrogens (primary N) is 1. The molecule has 2 N–H and O–H groups in total. The highest BCUT2D eigenvalue weighted by atomic mass is 15.1. The summed E-state index contributed by atoms with van der Waals surface area (Å²) in [7, 11) is 0. The maximum Gasteiger partial charge on any atom is 0.102 e. The quantitative estimate of drug-likeness (QED) is 0.836. The van der Waals surface area contributed by atoms with E-state index >= 15 is 0 Å². The maximum absolute atomic E-state index is 8.93. The van der Waals surface area contributed by atoms with Gasteiger partial charge in [0.1, 0.15) is 5.54 Å². The van der Waals surface area contributed by atoms with Crippen molar-refractivity contribution in [2.45, 2.75) is 63.8 Å². The second-order valence-electron chi connectivity index (χ2n) is 6.68. The third-order valence-electron chi connectivity index (χ3n) is 5.03. The van der Waals surface area contributed by atoms with Crippen molar-refractivity contribution in [1.29, 1.82) is 5.26 Å². The van der Waals surface area contributed by atoms with Crippen LogP contribution >= 0.6 is 0 Å². The van der Waals surface area contributed by atoms with Gasteiger partial charge in [-0.2, -0.15) is 5.26 Å². The van der Waals surface area contributed by atoms with E-state index in [9.17, 15) is 0 Å². The van der Waals surface area contributed by atoms with Gasteiger partial charge in [-0.15, -0.1) is 0 Å². The molecule has 0 amide bonds. The lowest BCUT2D eigenvalue weighted by Crippen LogP contribution is -2.44. The SMILES string of the molecule is CC(N)(C#N)CCN1CCC2(CCCCC2)CC1. The molecular formula is C15H27N3. The van der Waals surface area contributed by atoms with Crippen LogP contribution in [0.5, 0.6) is 0 Å². The standard InChI is InChI=1S/C15H27N3/c1-14(17,13-16)7-10-18-11-8-15(9-12-18)5-3-2-4-6-15/h2-12,17H2,1H3. The maximum atomic E-state index is 8.93. The van der Waals surface area contributed by atoms with Crippen LogP contribution in [0.15, 0.2) is 0 Å². The number of hydrogen-bond acceptors (Lipinski definition) is 3. The first kappa shape index (κ1) is 13.8. The monoisotopic (exact) mass is 249 g/mol. The summed E-state index contributed by atoms with van der Waals surface area (Å²) in [6.07, 6.45) is 10.7. The number of likely N-dealkylation sites (tertiary alicyclic amines) is 1. The van der Waals surface area contributed by atoms with Gasteiger partial charge in [-0.05, 0) is 57.5 Å². The molecule has 1 saturated carbocycles. The van der Waals surface area contributed by atoms with Crippen LogP contribution in [0.25, 0.3) is 0 Å². The molecule has 2 fully saturated rings. The first-order valence-electron chi connectivity index (χ1n) is 7.48. The Bertz CT molecular complexity index is 300. The molecule has 1 saturated heterocycles. The summed E-state index contributed by atoms with van der Waals surface area (Å²) < 4.78 is 0. The Labute approximate surface area is 111 Å². The molecule has 0 aromatic carbocycles. The molecule has 1 atom stereocenters. The van der Waals surface area contributed by atoms with Crippen molar-refractivity contribution >= 4 is 0 Å². The number of rotatable bonds is 3. The van der Waals surface area contributed by atoms with Crippen LogP contribution in [0.2, 0.25) is 0 Å². The Balaban J connectivity index is 1.75. The minimum Gasteiger partial charge on any atom is -0.314 e. The second-order valence-corrected chi connectivity index (χ2v) is 6.68. The highest BCUT2D eigenvalue weighted by Gasteiger charge is 2.35. The van der Waals surface area contributed by atoms with Crippen LogP contribution in [-0.4, -0.2) is 30.1 Å². The predicted molar refractivity (Wildman–Crippen MR) is 74.0 cm³/mol. The van der Waals surface area contributed by atoms with Crippen LogP contribution in [0.1, 0.15) is 58.3 Å². The lowest BCUT2D eigenvalue weighted by Gasteiger charge is -2.44. The topological polar surface area (TPSA) is 53.1 Å². The fourth-order valence-corrected chi connectivity index (χ4v) is 3.50. The first-order valence-corrected chi connectivity index (χ1v) is 7.48. The van der Waals surface area contributed by atoms with Crippen molar-refractivity contribution in [2.24, 2.45) is 11.1 Å². The Morgan fingerprint density at radius 1 is 1.17 bits per heavy atom. The molecule has 1 unspecified atom stereocenters. The number of nitrogens with zero attached hydrogens (tertiary/aromatic N) is 2. The molecule has 1 aliphatic heterocycles. The van der Waals surface area contributed by atoms with Gasteiger partial charge in [0.05, 0.1) is 6.07 Å². The molecule has 2 aliphatic rings. The van der Waals surface area contributed by atoms with E-state index in [1.165, 1.54) is 58.0 Å². The van der Waals surface area contributed by atoms with Crippen LogP contribution in [0.3, 0.4) is 0 Å². The van der Waals surface area contributed by atoms with Crippen molar-refractivity contribution in [2.75, 3.05) is 19.6 Å². The van der Waals surface area contributed by atoms with Gasteiger partial charge in [-0.25, -0.2) is 0 Å². The summed E-state index contributed by atoms with van der Waals surface area (Å²) in [5.41, 5.74) is 5.91. The number of hydrogen-bond donors (Lipinski definition) is 1. The van der Waals surface area contributed by atoms with E-state index < -0.39 is 5.54 Å². The number of nitriles is 1. The normalized spacial score (nSPS) is 27.6. The van der Waals surface area contributed by atoms with Crippen LogP contribution in [0, 0.1) is 16.7 Å². The lowest BCUT2D eigenvalue weighted by atomic mass is 9.68. The summed E-state index contributed by atoms with van der Waals surface area (Å²) in [5.74, 6) is 0. The van der Waals surface area contributed by atoms with Crippen molar-refractivity contribution in [3.8, 4) is 6.07 Å². The lowest BCUT2D eigenvalue weighted by molar-refractivity contribution is 0.0656. The summed E-state index contributed by atoms with van der Waals surface area (Å²) in [5, 5.41) is 8.93. The van der Waals surface area contributed by atoms with E-state index in [0.717, 1.165) is 13.0 Å². The molecule has 3 heteroatoms. The van der Waals surface area contributed by atoms with E-state index in [4.69, 9.17) is 11.0 Å². The first-order chi connectivity index (χ1) is 8.55. The van der Waals surface area contributed by atoms with Crippen LogP contribution < -0.4 is 5.73 Å². The molecule has 0 aromatic rings. The zero-order valence-electron chi connectivity index (χ0n) is 11.7. The van der Waals surface area contributed by atoms with Gasteiger partial charge in [0.25, 0.3) is 0 Å². The van der Waals surface area contributed by atoms with Gasteiger partial charge in [0.2, 0.25) is 0 Å². The van der Waals surface area contributed by atoms with Crippen molar-refractivity contribution in [3.05, 3.63) is 0 Å². The van der Waals surface area contributed by atoms with Crippen LogP contribution in [0.4, 0.5) is 0 Å². The predicted octanol–water partition coefficient (Wildman–Crippen LogP) is 2.66. The molecule has 1 aliphatic carbocycles. The summed E-state index contributed by atoms with van der Waals surface area (Å²) in [4.78, 5) is 2.50. The summed E-state index contributed by atoms with van der Waals surface area (Å²) >= 11 is 0. The number of piperidine rings is 1. The smallest absolute Gasteiger partial charge is 0.102 e. The fraction of sp³-hybridized carbons (Fsp3) is 0.933. The van der Waals surface area contributed by atoms with Crippen molar-refractivity contribution in [3.63, 3.8) is 0 Å². The molecule has 0 radical (unpaired) electrons. The van der Waals surface area contributed by atoms with Gasteiger partial charge in [0.15, 0.2) is 0 Å². The van der Waals surface area contributed by atoms with Gasteiger partial charge in [-0.3, -0.25) is 0 Å². The minimum absolute atomic E-state index is 0.653. The molecule has 2 rings (SSSR count). The Morgan fingerprint density at radius 3 is 2.33 bits per heavy atom. The van der Waals surface area contributed by atoms with E-state index in [-0.39, 0.29) is 0 Å². The van der Waals surface area contributed by atoms with Crippen molar-refractivity contribution < 1.29 is 0 Å². The molecular weight excluding hydrogens is 222 g/mol. The van der Waals surface area contributed by atoms with E-state index in [2.05, 4.69) is 11.0 Å². The molecule has 1 spiro atoms. The molecule has 102 valence electrons.